The maximum atomic E-state index is 11.6. The Hall–Kier alpha value is -0.410. The van der Waals surface area contributed by atoms with Crippen molar-refractivity contribution in [1.29, 1.82) is 0 Å². The van der Waals surface area contributed by atoms with Crippen LogP contribution in [0.3, 0.4) is 0 Å². The minimum atomic E-state index is 0.254. The van der Waals surface area contributed by atoms with E-state index >= 15 is 0 Å². The van der Waals surface area contributed by atoms with E-state index in [-0.39, 0.29) is 5.38 Å². The van der Waals surface area contributed by atoms with Crippen LogP contribution >= 0.6 is 23.4 Å². The number of rotatable bonds is 2. The van der Waals surface area contributed by atoms with Crippen molar-refractivity contribution in [1.82, 2.24) is 0 Å². The van der Waals surface area contributed by atoms with Gasteiger partial charge in [0.2, 0.25) is 0 Å². The molecule has 4 atom stereocenters. The van der Waals surface area contributed by atoms with Crippen molar-refractivity contribution >= 4 is 23.4 Å². The zero-order chi connectivity index (χ0) is 11.1. The Labute approximate surface area is 105 Å². The van der Waals surface area contributed by atoms with Crippen LogP contribution in [0.15, 0.2) is 29.4 Å². The molecule has 2 aliphatic carbocycles. The van der Waals surface area contributed by atoms with Crippen molar-refractivity contribution in [2.75, 3.05) is 0 Å². The highest BCUT2D eigenvalue weighted by Gasteiger charge is 2.47. The number of fused-ring (bicyclic) bond motifs is 2. The van der Waals surface area contributed by atoms with Crippen LogP contribution in [0.25, 0.3) is 0 Å². The molecule has 3 rings (SSSR count). The van der Waals surface area contributed by atoms with Crippen LogP contribution in [-0.2, 0) is 0 Å². The van der Waals surface area contributed by atoms with E-state index in [9.17, 15) is 5.21 Å². The molecule has 1 heterocycles. The first-order chi connectivity index (χ1) is 7.75. The molecular weight excluding hydrogens is 242 g/mol. The summed E-state index contributed by atoms with van der Waals surface area (Å²) in [5, 5.41) is 13.0. The average molecular weight is 256 g/mol. The van der Waals surface area contributed by atoms with Crippen molar-refractivity contribution < 1.29 is 4.73 Å². The predicted octanol–water partition coefficient (Wildman–Crippen LogP) is 2.82. The maximum Gasteiger partial charge on any atom is 0.251 e. The summed E-state index contributed by atoms with van der Waals surface area (Å²) in [5.74, 6) is 1.41. The fraction of sp³-hybridized carbons (Fsp3) is 0.583. The third-order valence-corrected chi connectivity index (χ3v) is 6.07. The Kier molecular flexibility index (Phi) is 2.76. The van der Waals surface area contributed by atoms with Crippen molar-refractivity contribution in [3.8, 4) is 0 Å². The third-order valence-electron chi connectivity index (χ3n) is 3.79. The van der Waals surface area contributed by atoms with Gasteiger partial charge in [-0.05, 0) is 37.2 Å². The highest BCUT2D eigenvalue weighted by Crippen LogP contribution is 2.52. The number of aromatic nitrogens is 1. The first-order valence-electron chi connectivity index (χ1n) is 5.74. The minimum Gasteiger partial charge on any atom is -0.618 e. The fourth-order valence-corrected chi connectivity index (χ4v) is 4.95. The van der Waals surface area contributed by atoms with E-state index in [2.05, 4.69) is 0 Å². The summed E-state index contributed by atoms with van der Waals surface area (Å²) in [7, 11) is 0. The Morgan fingerprint density at radius 2 is 2.12 bits per heavy atom. The summed E-state index contributed by atoms with van der Waals surface area (Å²) in [6, 6.07) is 5.55. The molecule has 0 aromatic carbocycles. The minimum absolute atomic E-state index is 0.254. The molecule has 0 saturated heterocycles. The molecule has 2 saturated carbocycles. The number of alkyl halides is 1. The summed E-state index contributed by atoms with van der Waals surface area (Å²) in [6.45, 7) is 0. The lowest BCUT2D eigenvalue weighted by molar-refractivity contribution is -0.645. The van der Waals surface area contributed by atoms with E-state index in [1.807, 2.05) is 12.1 Å². The van der Waals surface area contributed by atoms with Gasteiger partial charge in [-0.3, -0.25) is 0 Å². The molecule has 0 radical (unpaired) electrons. The van der Waals surface area contributed by atoms with Crippen LogP contribution in [0.4, 0.5) is 0 Å². The third kappa shape index (κ3) is 1.70. The number of nitrogens with zero attached hydrogens (tertiary/aromatic N) is 1. The molecular formula is C12H14ClNOS. The summed E-state index contributed by atoms with van der Waals surface area (Å²) in [5.41, 5.74) is 0. The van der Waals surface area contributed by atoms with Gasteiger partial charge in [0.05, 0.1) is 0 Å². The van der Waals surface area contributed by atoms with Gasteiger partial charge in [-0.1, -0.05) is 11.8 Å². The van der Waals surface area contributed by atoms with E-state index in [1.54, 1.807) is 24.0 Å². The van der Waals surface area contributed by atoms with Crippen LogP contribution in [0, 0.1) is 17.0 Å². The van der Waals surface area contributed by atoms with Gasteiger partial charge in [-0.2, -0.15) is 4.73 Å². The molecule has 0 N–H and O–H groups in total. The standard InChI is InChI=1S/C12H14ClNOS/c13-11-8-4-5-9(7-8)12(11)16-10-3-1-2-6-14(10)15/h1-3,6,8-9,11-12H,4-5,7H2/t8-,9+,11-,12-/m0/s1. The number of hydrogen-bond donors (Lipinski definition) is 0. The molecule has 0 spiro atoms. The van der Waals surface area contributed by atoms with Gasteiger partial charge < -0.3 is 5.21 Å². The van der Waals surface area contributed by atoms with E-state index in [1.165, 1.54) is 19.3 Å². The molecule has 4 heteroatoms. The quantitative estimate of drug-likeness (QED) is 0.462. The molecule has 2 aliphatic rings. The molecule has 2 bridgehead atoms. The van der Waals surface area contributed by atoms with Gasteiger partial charge >= 0.3 is 0 Å². The van der Waals surface area contributed by atoms with E-state index in [0.717, 1.165) is 15.7 Å². The van der Waals surface area contributed by atoms with Crippen LogP contribution in [0.1, 0.15) is 19.3 Å². The second kappa shape index (κ2) is 4.11. The molecule has 2 fully saturated rings. The number of halogens is 1. The lowest BCUT2D eigenvalue weighted by Gasteiger charge is -2.24. The highest BCUT2D eigenvalue weighted by atomic mass is 35.5. The van der Waals surface area contributed by atoms with Crippen molar-refractivity contribution in [3.63, 3.8) is 0 Å². The lowest BCUT2D eigenvalue weighted by atomic mass is 10.00. The summed E-state index contributed by atoms with van der Waals surface area (Å²) in [4.78, 5) is 0. The van der Waals surface area contributed by atoms with Gasteiger partial charge in [0.25, 0.3) is 5.03 Å². The fourth-order valence-electron chi connectivity index (χ4n) is 2.97. The van der Waals surface area contributed by atoms with Crippen molar-refractivity contribution in [3.05, 3.63) is 29.6 Å². The summed E-state index contributed by atoms with van der Waals surface area (Å²) >= 11 is 8.11. The SMILES string of the molecule is [O-][n+]1ccccc1S[C@H]1[C@@H]2CC[C@@H](C2)[C@@H]1Cl. The first kappa shape index (κ1) is 10.7. The molecule has 1 aromatic rings. The Bertz CT molecular complexity index is 398. The van der Waals surface area contributed by atoms with Crippen molar-refractivity contribution in [2.24, 2.45) is 11.8 Å². The molecule has 2 nitrogen and oxygen atoms in total. The summed E-state index contributed by atoms with van der Waals surface area (Å²) in [6.07, 6.45) is 5.38. The van der Waals surface area contributed by atoms with Gasteiger partial charge in [-0.15, -0.1) is 11.6 Å². The molecule has 1 aromatic heterocycles. The van der Waals surface area contributed by atoms with Crippen LogP contribution in [-0.4, -0.2) is 10.6 Å². The van der Waals surface area contributed by atoms with Gasteiger partial charge in [-0.25, -0.2) is 0 Å². The first-order valence-corrected chi connectivity index (χ1v) is 7.06. The van der Waals surface area contributed by atoms with Gasteiger partial charge in [0, 0.05) is 22.8 Å². The lowest BCUT2D eigenvalue weighted by Crippen LogP contribution is -2.32. The largest absolute Gasteiger partial charge is 0.618 e. The molecule has 86 valence electrons. The molecule has 0 amide bonds. The van der Waals surface area contributed by atoms with Gasteiger partial charge in [0.1, 0.15) is 0 Å². The maximum absolute atomic E-state index is 11.6. The zero-order valence-corrected chi connectivity index (χ0v) is 10.5. The second-order valence-electron chi connectivity index (χ2n) is 4.72. The molecule has 0 aliphatic heterocycles. The van der Waals surface area contributed by atoms with Crippen LogP contribution < -0.4 is 4.73 Å². The summed E-state index contributed by atoms with van der Waals surface area (Å²) < 4.78 is 0.945. The zero-order valence-electron chi connectivity index (χ0n) is 8.88. The topological polar surface area (TPSA) is 26.9 Å². The van der Waals surface area contributed by atoms with Gasteiger partial charge in [0.15, 0.2) is 6.20 Å². The number of thioether (sulfide) groups is 1. The van der Waals surface area contributed by atoms with Crippen molar-refractivity contribution in [2.45, 2.75) is 34.9 Å². The smallest absolute Gasteiger partial charge is 0.251 e. The predicted molar refractivity (Wildman–Crippen MR) is 65.5 cm³/mol. The Morgan fingerprint density at radius 3 is 2.81 bits per heavy atom. The highest BCUT2D eigenvalue weighted by molar-refractivity contribution is 7.99. The van der Waals surface area contributed by atoms with E-state index < -0.39 is 0 Å². The number of pyridine rings is 1. The number of hydrogen-bond acceptors (Lipinski definition) is 2. The van der Waals surface area contributed by atoms with Crippen LogP contribution in [0.5, 0.6) is 0 Å². The van der Waals surface area contributed by atoms with E-state index in [4.69, 9.17) is 11.6 Å². The van der Waals surface area contributed by atoms with E-state index in [0.29, 0.717) is 11.2 Å². The average Bonchev–Trinajstić information content (AvgIpc) is 2.85. The second-order valence-corrected chi connectivity index (χ2v) is 6.43. The normalized spacial score (nSPS) is 36.8. The molecule has 0 unspecified atom stereocenters. The monoisotopic (exact) mass is 255 g/mol. The Balaban J connectivity index is 1.78. The molecule has 16 heavy (non-hydrogen) atoms. The van der Waals surface area contributed by atoms with Crippen LogP contribution in [0.2, 0.25) is 0 Å². The Morgan fingerprint density at radius 1 is 1.31 bits per heavy atom.